The van der Waals surface area contributed by atoms with Crippen LogP contribution < -0.4 is 10.6 Å². The number of carbonyl (C=O) groups excluding carboxylic acids is 2. The molecule has 0 aliphatic rings. The van der Waals surface area contributed by atoms with Crippen LogP contribution in [0.3, 0.4) is 0 Å². The zero-order chi connectivity index (χ0) is 20.7. The highest BCUT2D eigenvalue weighted by molar-refractivity contribution is 7.90. The lowest BCUT2D eigenvalue weighted by atomic mass is 10.2. The molecule has 0 saturated heterocycles. The standard InChI is InChI=1S/C19H21ClN2O5S/c1-3-27-10-9-18(23)21-14-7-8-17(16(20)12-14)22-19(24)13-5-4-6-15(11-13)28(2,25)26/h4-8,11-12H,3,9-10H2,1-2H3,(H,21,23)(H,22,24). The Morgan fingerprint density at radius 1 is 1.11 bits per heavy atom. The monoisotopic (exact) mass is 424 g/mol. The fraction of sp³-hybridized carbons (Fsp3) is 0.263. The predicted octanol–water partition coefficient (Wildman–Crippen LogP) is 3.36. The molecule has 0 spiro atoms. The molecule has 2 rings (SSSR count). The van der Waals surface area contributed by atoms with Crippen LogP contribution in [0.15, 0.2) is 47.4 Å². The van der Waals surface area contributed by atoms with Gasteiger partial charge in [-0.05, 0) is 43.3 Å². The van der Waals surface area contributed by atoms with E-state index in [0.717, 1.165) is 6.26 Å². The molecule has 0 saturated carbocycles. The fourth-order valence-electron chi connectivity index (χ4n) is 2.29. The number of anilines is 2. The summed E-state index contributed by atoms with van der Waals surface area (Å²) < 4.78 is 28.4. The zero-order valence-electron chi connectivity index (χ0n) is 15.5. The van der Waals surface area contributed by atoms with Crippen molar-refractivity contribution in [2.24, 2.45) is 0 Å². The van der Waals surface area contributed by atoms with Crippen molar-refractivity contribution < 1.29 is 22.7 Å². The van der Waals surface area contributed by atoms with Gasteiger partial charge in [-0.2, -0.15) is 0 Å². The van der Waals surface area contributed by atoms with Gasteiger partial charge in [-0.15, -0.1) is 0 Å². The molecule has 0 aromatic heterocycles. The van der Waals surface area contributed by atoms with Gasteiger partial charge in [0.2, 0.25) is 5.91 Å². The van der Waals surface area contributed by atoms with Gasteiger partial charge >= 0.3 is 0 Å². The molecule has 2 amide bonds. The minimum absolute atomic E-state index is 0.0522. The molecule has 2 N–H and O–H groups in total. The topological polar surface area (TPSA) is 102 Å². The van der Waals surface area contributed by atoms with Gasteiger partial charge in [-0.3, -0.25) is 9.59 Å². The molecule has 0 unspecified atom stereocenters. The summed E-state index contributed by atoms with van der Waals surface area (Å²) >= 11 is 6.19. The van der Waals surface area contributed by atoms with Crippen molar-refractivity contribution in [3.05, 3.63) is 53.1 Å². The van der Waals surface area contributed by atoms with Gasteiger partial charge in [-0.1, -0.05) is 17.7 Å². The molecule has 0 radical (unpaired) electrons. The third-order valence-electron chi connectivity index (χ3n) is 3.70. The first kappa shape index (κ1) is 21.9. The summed E-state index contributed by atoms with van der Waals surface area (Å²) in [5.41, 5.74) is 1.01. The average Bonchev–Trinajstić information content (AvgIpc) is 2.63. The molecule has 0 heterocycles. The first-order valence-corrected chi connectivity index (χ1v) is 10.8. The van der Waals surface area contributed by atoms with E-state index < -0.39 is 15.7 Å². The van der Waals surface area contributed by atoms with Crippen molar-refractivity contribution in [3.8, 4) is 0 Å². The molecule has 9 heteroatoms. The molecule has 0 aliphatic heterocycles. The van der Waals surface area contributed by atoms with Crippen LogP contribution >= 0.6 is 11.6 Å². The average molecular weight is 425 g/mol. The van der Waals surface area contributed by atoms with Crippen molar-refractivity contribution in [3.63, 3.8) is 0 Å². The summed E-state index contributed by atoms with van der Waals surface area (Å²) in [4.78, 5) is 24.3. The van der Waals surface area contributed by atoms with Crippen LogP contribution in [-0.4, -0.2) is 39.7 Å². The van der Waals surface area contributed by atoms with Crippen LogP contribution in [0.25, 0.3) is 0 Å². The Balaban J connectivity index is 2.07. The molecule has 2 aromatic carbocycles. The third kappa shape index (κ3) is 6.33. The molecular weight excluding hydrogens is 404 g/mol. The number of hydrogen-bond donors (Lipinski definition) is 2. The maximum atomic E-state index is 12.4. The molecule has 28 heavy (non-hydrogen) atoms. The van der Waals surface area contributed by atoms with Crippen LogP contribution in [0.1, 0.15) is 23.7 Å². The van der Waals surface area contributed by atoms with Gasteiger partial charge in [0.1, 0.15) is 0 Å². The van der Waals surface area contributed by atoms with Gasteiger partial charge in [0.05, 0.1) is 28.6 Å². The van der Waals surface area contributed by atoms with Crippen molar-refractivity contribution in [2.75, 3.05) is 30.1 Å². The normalized spacial score (nSPS) is 11.1. The summed E-state index contributed by atoms with van der Waals surface area (Å²) in [6.45, 7) is 2.72. The lowest BCUT2D eigenvalue weighted by Crippen LogP contribution is -2.15. The molecule has 0 atom stereocenters. The minimum Gasteiger partial charge on any atom is -0.381 e. The van der Waals surface area contributed by atoms with E-state index in [2.05, 4.69) is 10.6 Å². The number of rotatable bonds is 8. The summed E-state index contributed by atoms with van der Waals surface area (Å²) in [6, 6.07) is 10.4. The number of carbonyl (C=O) groups is 2. The highest BCUT2D eigenvalue weighted by Gasteiger charge is 2.13. The lowest BCUT2D eigenvalue weighted by Gasteiger charge is -2.11. The second-order valence-electron chi connectivity index (χ2n) is 5.94. The smallest absolute Gasteiger partial charge is 0.255 e. The van der Waals surface area contributed by atoms with E-state index in [9.17, 15) is 18.0 Å². The Labute approximate surface area is 169 Å². The number of hydrogen-bond acceptors (Lipinski definition) is 5. The van der Waals surface area contributed by atoms with E-state index in [1.54, 1.807) is 12.1 Å². The SMILES string of the molecule is CCOCCC(=O)Nc1ccc(NC(=O)c2cccc(S(C)(=O)=O)c2)c(Cl)c1. The Hall–Kier alpha value is -2.42. The quantitative estimate of drug-likeness (QED) is 0.632. The second-order valence-corrected chi connectivity index (χ2v) is 8.37. The number of benzene rings is 2. The van der Waals surface area contributed by atoms with E-state index in [1.165, 1.54) is 30.3 Å². The molecule has 150 valence electrons. The van der Waals surface area contributed by atoms with Gasteiger partial charge in [0.15, 0.2) is 9.84 Å². The first-order valence-electron chi connectivity index (χ1n) is 8.49. The molecule has 0 fully saturated rings. The largest absolute Gasteiger partial charge is 0.381 e. The second kappa shape index (κ2) is 9.68. The maximum absolute atomic E-state index is 12.4. The summed E-state index contributed by atoms with van der Waals surface area (Å²) in [5.74, 6) is -0.709. The maximum Gasteiger partial charge on any atom is 0.255 e. The molecule has 2 aromatic rings. The summed E-state index contributed by atoms with van der Waals surface area (Å²) in [7, 11) is -3.42. The van der Waals surface area contributed by atoms with Gasteiger partial charge < -0.3 is 15.4 Å². The molecule has 0 bridgehead atoms. The highest BCUT2D eigenvalue weighted by atomic mass is 35.5. The van der Waals surface area contributed by atoms with Gasteiger partial charge in [0, 0.05) is 24.1 Å². The van der Waals surface area contributed by atoms with Crippen molar-refractivity contribution in [1.82, 2.24) is 0 Å². The van der Waals surface area contributed by atoms with Gasteiger partial charge in [0.25, 0.3) is 5.91 Å². The van der Waals surface area contributed by atoms with Crippen molar-refractivity contribution >= 4 is 44.6 Å². The number of sulfone groups is 1. The van der Waals surface area contributed by atoms with Gasteiger partial charge in [-0.25, -0.2) is 8.42 Å². The highest BCUT2D eigenvalue weighted by Crippen LogP contribution is 2.26. The summed E-state index contributed by atoms with van der Waals surface area (Å²) in [6.07, 6.45) is 1.29. The number of ether oxygens (including phenoxy) is 1. The molecular formula is C19H21ClN2O5S. The number of halogens is 1. The minimum atomic E-state index is -3.42. The number of nitrogens with one attached hydrogen (secondary N) is 2. The van der Waals surface area contributed by atoms with Crippen LogP contribution in [0.4, 0.5) is 11.4 Å². The lowest BCUT2D eigenvalue weighted by molar-refractivity contribution is -0.117. The Morgan fingerprint density at radius 3 is 2.50 bits per heavy atom. The van der Waals surface area contributed by atoms with Crippen molar-refractivity contribution in [1.29, 1.82) is 0 Å². The van der Waals surface area contributed by atoms with Crippen LogP contribution in [0.5, 0.6) is 0 Å². The Morgan fingerprint density at radius 2 is 1.86 bits per heavy atom. The Bertz CT molecular complexity index is 976. The van der Waals surface area contributed by atoms with E-state index in [4.69, 9.17) is 16.3 Å². The summed E-state index contributed by atoms with van der Waals surface area (Å²) in [5, 5.41) is 5.56. The van der Waals surface area contributed by atoms with E-state index in [-0.39, 0.29) is 27.8 Å². The van der Waals surface area contributed by atoms with Crippen LogP contribution in [0, 0.1) is 0 Å². The van der Waals surface area contributed by atoms with E-state index in [0.29, 0.717) is 24.6 Å². The van der Waals surface area contributed by atoms with E-state index in [1.807, 2.05) is 6.92 Å². The fourth-order valence-corrected chi connectivity index (χ4v) is 3.18. The number of amides is 2. The molecule has 0 aliphatic carbocycles. The molecule has 7 nitrogen and oxygen atoms in total. The zero-order valence-corrected chi connectivity index (χ0v) is 17.1. The van der Waals surface area contributed by atoms with Crippen LogP contribution in [-0.2, 0) is 19.4 Å². The van der Waals surface area contributed by atoms with Crippen LogP contribution in [0.2, 0.25) is 5.02 Å². The first-order chi connectivity index (χ1) is 13.2. The van der Waals surface area contributed by atoms with Crippen molar-refractivity contribution in [2.45, 2.75) is 18.2 Å². The predicted molar refractivity (Wildman–Crippen MR) is 109 cm³/mol. The van der Waals surface area contributed by atoms with E-state index >= 15 is 0 Å². The Kier molecular flexibility index (Phi) is 7.56. The third-order valence-corrected chi connectivity index (χ3v) is 5.13.